The van der Waals surface area contributed by atoms with Gasteiger partial charge in [-0.05, 0) is 49.1 Å². The lowest BCUT2D eigenvalue weighted by Gasteiger charge is -2.43. The lowest BCUT2D eigenvalue weighted by Crippen LogP contribution is -2.62. The minimum absolute atomic E-state index is 0.0232. The van der Waals surface area contributed by atoms with E-state index in [4.69, 9.17) is 5.73 Å². The Kier molecular flexibility index (Phi) is 4.95. The summed E-state index contributed by atoms with van der Waals surface area (Å²) >= 11 is 1.79. The van der Waals surface area contributed by atoms with Gasteiger partial charge in [0, 0.05) is 42.3 Å². The molecular formula is C23H26N4O2S. The predicted octanol–water partition coefficient (Wildman–Crippen LogP) is 3.07. The fraction of sp³-hybridized carbons (Fsp3) is 0.391. The van der Waals surface area contributed by atoms with E-state index in [1.54, 1.807) is 11.8 Å². The molecule has 2 aromatic rings. The van der Waals surface area contributed by atoms with Crippen molar-refractivity contribution in [3.63, 3.8) is 0 Å². The Bertz CT molecular complexity index is 940. The first kappa shape index (κ1) is 19.5. The Hall–Kier alpha value is -2.51. The molecule has 5 rings (SSSR count). The molecule has 1 saturated carbocycles. The molecule has 1 saturated heterocycles. The topological polar surface area (TPSA) is 78.7 Å². The number of amides is 2. The average molecular weight is 423 g/mol. The van der Waals surface area contributed by atoms with Crippen LogP contribution >= 0.6 is 11.8 Å². The first-order valence-electron chi connectivity index (χ1n) is 10.5. The molecule has 2 heterocycles. The van der Waals surface area contributed by atoms with Crippen LogP contribution < -0.4 is 11.1 Å². The Morgan fingerprint density at radius 3 is 2.27 bits per heavy atom. The fourth-order valence-corrected chi connectivity index (χ4v) is 5.46. The molecule has 1 atom stereocenters. The van der Waals surface area contributed by atoms with Crippen LogP contribution in [0.4, 0.5) is 5.69 Å². The van der Waals surface area contributed by atoms with Crippen molar-refractivity contribution in [3.05, 3.63) is 59.7 Å². The zero-order valence-corrected chi connectivity index (χ0v) is 17.7. The maximum absolute atomic E-state index is 12.9. The summed E-state index contributed by atoms with van der Waals surface area (Å²) in [6.07, 6.45) is 2.57. The number of thioether (sulfide) groups is 1. The molecule has 6 nitrogen and oxygen atoms in total. The number of carbonyl (C=O) groups excluding carboxylic acids is 2. The zero-order chi connectivity index (χ0) is 20.7. The molecule has 3 aliphatic rings. The van der Waals surface area contributed by atoms with Crippen molar-refractivity contribution in [2.24, 2.45) is 5.73 Å². The van der Waals surface area contributed by atoms with Crippen LogP contribution in [-0.2, 0) is 4.79 Å². The number of hydrogen-bond acceptors (Lipinski definition) is 5. The molecule has 156 valence electrons. The van der Waals surface area contributed by atoms with Crippen molar-refractivity contribution < 1.29 is 9.59 Å². The van der Waals surface area contributed by atoms with E-state index in [0.29, 0.717) is 31.7 Å². The average Bonchev–Trinajstić information content (AvgIpc) is 3.21. The molecule has 2 aromatic carbocycles. The van der Waals surface area contributed by atoms with Crippen molar-refractivity contribution >= 4 is 29.3 Å². The summed E-state index contributed by atoms with van der Waals surface area (Å²) in [4.78, 5) is 30.4. The number of hydrogen-bond donors (Lipinski definition) is 2. The van der Waals surface area contributed by atoms with E-state index in [0.717, 1.165) is 30.5 Å². The fourth-order valence-electron chi connectivity index (χ4n) is 4.32. The van der Waals surface area contributed by atoms with Crippen LogP contribution in [-0.4, -0.2) is 53.3 Å². The van der Waals surface area contributed by atoms with Gasteiger partial charge in [0.15, 0.2) is 0 Å². The number of para-hydroxylation sites is 1. The van der Waals surface area contributed by atoms with Crippen LogP contribution in [0.1, 0.15) is 40.6 Å². The molecule has 0 aromatic heterocycles. The molecule has 2 amide bonds. The smallest absolute Gasteiger partial charge is 0.253 e. The largest absolute Gasteiger partial charge is 0.368 e. The number of anilines is 1. The van der Waals surface area contributed by atoms with E-state index in [1.165, 1.54) is 4.90 Å². The molecular weight excluding hydrogens is 396 g/mol. The summed E-state index contributed by atoms with van der Waals surface area (Å²) in [5.41, 5.74) is 8.51. The molecule has 0 spiro atoms. The molecule has 2 aliphatic heterocycles. The quantitative estimate of drug-likeness (QED) is 0.795. The first-order valence-corrected chi connectivity index (χ1v) is 11.4. The van der Waals surface area contributed by atoms with Gasteiger partial charge in [-0.25, -0.2) is 0 Å². The molecule has 1 unspecified atom stereocenters. The SMILES string of the molecule is NC1(C(=O)N2CCN(C(=O)c3ccc(C4Nc5ccccc5S4)cc3)CC2)CCC1. The number of carbonyl (C=O) groups is 2. The van der Waals surface area contributed by atoms with Gasteiger partial charge in [0.2, 0.25) is 5.91 Å². The Balaban J connectivity index is 1.19. The summed E-state index contributed by atoms with van der Waals surface area (Å²) in [6.45, 7) is 2.22. The van der Waals surface area contributed by atoms with Crippen LogP contribution in [0.2, 0.25) is 0 Å². The second kappa shape index (κ2) is 7.63. The highest BCUT2D eigenvalue weighted by Gasteiger charge is 2.43. The Labute approximate surface area is 180 Å². The van der Waals surface area contributed by atoms with Crippen LogP contribution in [0.3, 0.4) is 0 Å². The number of benzene rings is 2. The highest BCUT2D eigenvalue weighted by Crippen LogP contribution is 2.46. The number of rotatable bonds is 3. The normalized spacial score (nSPS) is 22.1. The lowest BCUT2D eigenvalue weighted by atomic mass is 9.76. The van der Waals surface area contributed by atoms with Crippen LogP contribution in [0.5, 0.6) is 0 Å². The van der Waals surface area contributed by atoms with Gasteiger partial charge in [0.25, 0.3) is 5.91 Å². The molecule has 7 heteroatoms. The van der Waals surface area contributed by atoms with Gasteiger partial charge in [-0.3, -0.25) is 9.59 Å². The van der Waals surface area contributed by atoms with E-state index in [-0.39, 0.29) is 17.2 Å². The van der Waals surface area contributed by atoms with Crippen molar-refractivity contribution in [2.75, 3.05) is 31.5 Å². The number of nitrogens with two attached hydrogens (primary N) is 1. The molecule has 0 radical (unpaired) electrons. The van der Waals surface area contributed by atoms with E-state index in [2.05, 4.69) is 17.4 Å². The van der Waals surface area contributed by atoms with Gasteiger partial charge in [-0.15, -0.1) is 0 Å². The van der Waals surface area contributed by atoms with Gasteiger partial charge in [0.05, 0.1) is 5.54 Å². The van der Waals surface area contributed by atoms with Crippen LogP contribution in [0.25, 0.3) is 0 Å². The summed E-state index contributed by atoms with van der Waals surface area (Å²) < 4.78 is 0. The van der Waals surface area contributed by atoms with Crippen molar-refractivity contribution in [2.45, 2.75) is 35.1 Å². The first-order chi connectivity index (χ1) is 14.5. The molecule has 1 aliphatic carbocycles. The van der Waals surface area contributed by atoms with Crippen molar-refractivity contribution in [1.29, 1.82) is 0 Å². The standard InChI is InChI=1S/C23H26N4O2S/c24-23(10-3-11-23)22(29)27-14-12-26(13-15-27)21(28)17-8-6-16(7-9-17)20-25-18-4-1-2-5-19(18)30-20/h1-2,4-9,20,25H,3,10-15,24H2. The second-order valence-corrected chi connectivity index (χ2v) is 9.50. The van der Waals surface area contributed by atoms with Crippen molar-refractivity contribution in [3.8, 4) is 0 Å². The van der Waals surface area contributed by atoms with Gasteiger partial charge < -0.3 is 20.9 Å². The molecule has 2 fully saturated rings. The summed E-state index contributed by atoms with van der Waals surface area (Å²) in [5, 5.41) is 3.68. The van der Waals surface area contributed by atoms with Gasteiger partial charge in [-0.1, -0.05) is 36.0 Å². The Morgan fingerprint density at radius 1 is 0.967 bits per heavy atom. The Morgan fingerprint density at radius 2 is 1.63 bits per heavy atom. The third-order valence-electron chi connectivity index (χ3n) is 6.40. The lowest BCUT2D eigenvalue weighted by molar-refractivity contribution is -0.141. The molecule has 0 bridgehead atoms. The van der Waals surface area contributed by atoms with E-state index in [1.807, 2.05) is 46.2 Å². The zero-order valence-electron chi connectivity index (χ0n) is 16.8. The maximum Gasteiger partial charge on any atom is 0.253 e. The minimum atomic E-state index is -0.659. The number of nitrogens with one attached hydrogen (secondary N) is 1. The van der Waals surface area contributed by atoms with Gasteiger partial charge in [0.1, 0.15) is 5.37 Å². The van der Waals surface area contributed by atoms with E-state index in [9.17, 15) is 9.59 Å². The monoisotopic (exact) mass is 422 g/mol. The predicted molar refractivity (Wildman–Crippen MR) is 118 cm³/mol. The van der Waals surface area contributed by atoms with Crippen LogP contribution in [0.15, 0.2) is 53.4 Å². The number of fused-ring (bicyclic) bond motifs is 1. The van der Waals surface area contributed by atoms with E-state index >= 15 is 0 Å². The highest BCUT2D eigenvalue weighted by molar-refractivity contribution is 8.00. The maximum atomic E-state index is 12.9. The van der Waals surface area contributed by atoms with Crippen LogP contribution in [0, 0.1) is 0 Å². The highest BCUT2D eigenvalue weighted by atomic mass is 32.2. The van der Waals surface area contributed by atoms with Gasteiger partial charge in [-0.2, -0.15) is 0 Å². The summed E-state index contributed by atoms with van der Waals surface area (Å²) in [6, 6.07) is 16.1. The number of piperazine rings is 1. The molecule has 3 N–H and O–H groups in total. The minimum Gasteiger partial charge on any atom is -0.368 e. The molecule has 30 heavy (non-hydrogen) atoms. The van der Waals surface area contributed by atoms with Gasteiger partial charge >= 0.3 is 0 Å². The number of nitrogens with zero attached hydrogens (tertiary/aromatic N) is 2. The third-order valence-corrected chi connectivity index (χ3v) is 7.64. The third kappa shape index (κ3) is 3.46. The second-order valence-electron chi connectivity index (χ2n) is 8.35. The summed E-state index contributed by atoms with van der Waals surface area (Å²) in [5.74, 6) is 0.0721. The van der Waals surface area contributed by atoms with Crippen molar-refractivity contribution in [1.82, 2.24) is 9.80 Å². The summed E-state index contributed by atoms with van der Waals surface area (Å²) in [7, 11) is 0. The van der Waals surface area contributed by atoms with E-state index < -0.39 is 5.54 Å².